The lowest BCUT2D eigenvalue weighted by Crippen LogP contribution is -2.54. The van der Waals surface area contributed by atoms with Gasteiger partial charge in [0.1, 0.15) is 23.4 Å². The Labute approximate surface area is 227 Å². The summed E-state index contributed by atoms with van der Waals surface area (Å²) in [6, 6.07) is 13.4. The fourth-order valence-corrected chi connectivity index (χ4v) is 4.79. The van der Waals surface area contributed by atoms with E-state index in [4.69, 9.17) is 14.2 Å². The number of ether oxygens (including phenoxy) is 3. The predicted molar refractivity (Wildman–Crippen MR) is 148 cm³/mol. The van der Waals surface area contributed by atoms with Crippen LogP contribution in [0.25, 0.3) is 10.9 Å². The van der Waals surface area contributed by atoms with Crippen LogP contribution in [0.4, 0.5) is 4.79 Å². The van der Waals surface area contributed by atoms with Gasteiger partial charge in [0.15, 0.2) is 0 Å². The van der Waals surface area contributed by atoms with Crippen LogP contribution < -0.4 is 15.4 Å². The van der Waals surface area contributed by atoms with Crippen LogP contribution >= 0.6 is 11.8 Å². The third kappa shape index (κ3) is 8.44. The van der Waals surface area contributed by atoms with E-state index in [1.54, 1.807) is 27.9 Å². The average molecular weight is 542 g/mol. The van der Waals surface area contributed by atoms with Crippen LogP contribution in [0.5, 0.6) is 5.75 Å². The summed E-state index contributed by atoms with van der Waals surface area (Å²) < 4.78 is 15.5. The predicted octanol–water partition coefficient (Wildman–Crippen LogP) is 4.20. The zero-order valence-corrected chi connectivity index (χ0v) is 23.1. The summed E-state index contributed by atoms with van der Waals surface area (Å²) in [5.41, 5.74) is 2.10. The number of carbonyl (C=O) groups excluding carboxylic acids is 3. The van der Waals surface area contributed by atoms with E-state index in [1.807, 2.05) is 54.7 Å². The lowest BCUT2D eigenvalue weighted by Gasteiger charge is -2.24. The molecule has 0 saturated heterocycles. The van der Waals surface area contributed by atoms with Gasteiger partial charge >= 0.3 is 12.1 Å². The third-order valence-corrected chi connectivity index (χ3v) is 6.73. The first-order chi connectivity index (χ1) is 18.1. The van der Waals surface area contributed by atoms with E-state index in [9.17, 15) is 14.4 Å². The Kier molecular flexibility index (Phi) is 10.1. The van der Waals surface area contributed by atoms with Crippen molar-refractivity contribution in [1.82, 2.24) is 15.6 Å². The van der Waals surface area contributed by atoms with Crippen LogP contribution in [0, 0.1) is 0 Å². The van der Waals surface area contributed by atoms with Crippen molar-refractivity contribution in [2.24, 2.45) is 0 Å². The highest BCUT2D eigenvalue weighted by Gasteiger charge is 2.29. The van der Waals surface area contributed by atoms with Gasteiger partial charge in [-0.05, 0) is 50.1 Å². The van der Waals surface area contributed by atoms with Crippen molar-refractivity contribution in [2.45, 2.75) is 50.6 Å². The SMILES string of the molecule is COC(=O)[C@H](Cc1c[nH]c2ccccc12)NC(=O)[C@@H](CSCc1ccc(OC)cc1)NC(=O)OC(C)(C)C. The van der Waals surface area contributed by atoms with Gasteiger partial charge in [0, 0.05) is 35.0 Å². The first-order valence-corrected chi connectivity index (χ1v) is 13.4. The molecule has 2 amide bonds. The molecule has 1 heterocycles. The van der Waals surface area contributed by atoms with Gasteiger partial charge in [0.05, 0.1) is 14.2 Å². The first kappa shape index (κ1) is 28.9. The molecule has 10 heteroatoms. The summed E-state index contributed by atoms with van der Waals surface area (Å²) >= 11 is 1.47. The van der Waals surface area contributed by atoms with Gasteiger partial charge in [-0.3, -0.25) is 4.79 Å². The first-order valence-electron chi connectivity index (χ1n) is 12.2. The molecular formula is C28H35N3O6S. The normalized spacial score (nSPS) is 12.9. The summed E-state index contributed by atoms with van der Waals surface area (Å²) in [6.07, 6.45) is 1.32. The molecule has 0 radical (unpaired) electrons. The maximum atomic E-state index is 13.4. The smallest absolute Gasteiger partial charge is 0.408 e. The number of nitrogens with one attached hydrogen (secondary N) is 3. The summed E-state index contributed by atoms with van der Waals surface area (Å²) in [6.45, 7) is 5.23. The molecule has 3 rings (SSSR count). The van der Waals surface area contributed by atoms with Gasteiger partial charge in [-0.25, -0.2) is 9.59 Å². The molecule has 0 aliphatic rings. The quantitative estimate of drug-likeness (QED) is 0.311. The number of rotatable bonds is 11. The molecule has 204 valence electrons. The van der Waals surface area contributed by atoms with Crippen LogP contribution in [-0.4, -0.2) is 60.6 Å². The number of hydrogen-bond donors (Lipinski definition) is 3. The van der Waals surface area contributed by atoms with Crippen molar-refractivity contribution in [3.05, 3.63) is 65.9 Å². The molecule has 0 spiro atoms. The molecule has 2 aromatic carbocycles. The fourth-order valence-electron chi connectivity index (χ4n) is 3.78. The summed E-state index contributed by atoms with van der Waals surface area (Å²) in [7, 11) is 2.88. The number of fused-ring (bicyclic) bond motifs is 1. The van der Waals surface area contributed by atoms with Gasteiger partial charge in [0.2, 0.25) is 5.91 Å². The second kappa shape index (κ2) is 13.2. The number of amides is 2. The molecule has 38 heavy (non-hydrogen) atoms. The van der Waals surface area contributed by atoms with Crippen LogP contribution in [0.15, 0.2) is 54.7 Å². The van der Waals surface area contributed by atoms with Gasteiger partial charge in [0.25, 0.3) is 0 Å². The Balaban J connectivity index is 1.72. The number of hydrogen-bond acceptors (Lipinski definition) is 7. The van der Waals surface area contributed by atoms with Crippen molar-refractivity contribution < 1.29 is 28.6 Å². The number of methoxy groups -OCH3 is 2. The molecule has 0 aliphatic heterocycles. The monoisotopic (exact) mass is 541 g/mol. The number of aromatic amines is 1. The number of para-hydroxylation sites is 1. The van der Waals surface area contributed by atoms with Crippen molar-refractivity contribution in [1.29, 1.82) is 0 Å². The van der Waals surface area contributed by atoms with Crippen molar-refractivity contribution in [2.75, 3.05) is 20.0 Å². The highest BCUT2D eigenvalue weighted by atomic mass is 32.2. The molecule has 1 aromatic heterocycles. The molecule has 3 aromatic rings. The number of alkyl carbamates (subject to hydrolysis) is 1. The largest absolute Gasteiger partial charge is 0.497 e. The zero-order chi connectivity index (χ0) is 27.7. The van der Waals surface area contributed by atoms with Crippen molar-refractivity contribution >= 4 is 40.6 Å². The molecule has 2 atom stereocenters. The van der Waals surface area contributed by atoms with E-state index < -0.39 is 35.7 Å². The number of benzene rings is 2. The lowest BCUT2D eigenvalue weighted by atomic mass is 10.0. The highest BCUT2D eigenvalue weighted by molar-refractivity contribution is 7.98. The van der Waals surface area contributed by atoms with Crippen molar-refractivity contribution in [3.63, 3.8) is 0 Å². The average Bonchev–Trinajstić information content (AvgIpc) is 3.29. The van der Waals surface area contributed by atoms with E-state index in [0.29, 0.717) is 5.75 Å². The minimum Gasteiger partial charge on any atom is -0.497 e. The van der Waals surface area contributed by atoms with E-state index in [-0.39, 0.29) is 12.2 Å². The topological polar surface area (TPSA) is 119 Å². The summed E-state index contributed by atoms with van der Waals surface area (Å²) in [4.78, 5) is 41.7. The molecule has 9 nitrogen and oxygen atoms in total. The van der Waals surface area contributed by atoms with Gasteiger partial charge in [-0.1, -0.05) is 30.3 Å². The van der Waals surface area contributed by atoms with E-state index >= 15 is 0 Å². The molecule has 0 unspecified atom stereocenters. The molecule has 0 aliphatic carbocycles. The Morgan fingerprint density at radius 3 is 2.34 bits per heavy atom. The fraction of sp³-hybridized carbons (Fsp3) is 0.393. The van der Waals surface area contributed by atoms with Gasteiger partial charge in [-0.15, -0.1) is 0 Å². The minimum absolute atomic E-state index is 0.223. The molecule has 0 saturated carbocycles. The molecule has 0 fully saturated rings. The van der Waals surface area contributed by atoms with E-state index in [1.165, 1.54) is 18.9 Å². The Morgan fingerprint density at radius 1 is 0.974 bits per heavy atom. The van der Waals surface area contributed by atoms with E-state index in [2.05, 4.69) is 15.6 Å². The molecule has 0 bridgehead atoms. The van der Waals surface area contributed by atoms with Gasteiger partial charge in [-0.2, -0.15) is 11.8 Å². The minimum atomic E-state index is -0.943. The van der Waals surface area contributed by atoms with Crippen LogP contribution in [0.1, 0.15) is 31.9 Å². The van der Waals surface area contributed by atoms with Crippen LogP contribution in [0.2, 0.25) is 0 Å². The lowest BCUT2D eigenvalue weighted by molar-refractivity contribution is -0.145. The number of thioether (sulfide) groups is 1. The second-order valence-electron chi connectivity index (χ2n) is 9.71. The number of H-pyrrole nitrogens is 1. The van der Waals surface area contributed by atoms with Gasteiger partial charge < -0.3 is 29.8 Å². The number of esters is 1. The molecular weight excluding hydrogens is 506 g/mol. The zero-order valence-electron chi connectivity index (χ0n) is 22.3. The Hall–Kier alpha value is -3.66. The maximum Gasteiger partial charge on any atom is 0.408 e. The number of aromatic nitrogens is 1. The number of carbonyl (C=O) groups is 3. The summed E-state index contributed by atoms with van der Waals surface area (Å²) in [5, 5.41) is 6.38. The van der Waals surface area contributed by atoms with Crippen LogP contribution in [0.3, 0.4) is 0 Å². The Morgan fingerprint density at radius 2 is 1.68 bits per heavy atom. The standard InChI is InChI=1S/C28H35N3O6S/c1-28(2,3)37-27(34)31-24(17-38-16-18-10-12-20(35-4)13-11-18)25(32)30-23(26(33)36-5)14-19-15-29-22-9-7-6-8-21(19)22/h6-13,15,23-24,29H,14,16-17H2,1-5H3,(H,30,32)(H,31,34)/t23-,24+/m0/s1. The summed E-state index contributed by atoms with van der Waals surface area (Å²) in [5.74, 6) is 0.544. The third-order valence-electron chi connectivity index (χ3n) is 5.62. The van der Waals surface area contributed by atoms with E-state index in [0.717, 1.165) is 27.8 Å². The molecule has 3 N–H and O–H groups in total. The van der Waals surface area contributed by atoms with Crippen molar-refractivity contribution in [3.8, 4) is 5.75 Å². The highest BCUT2D eigenvalue weighted by Crippen LogP contribution is 2.20. The van der Waals surface area contributed by atoms with Crippen LogP contribution in [-0.2, 0) is 31.2 Å². The Bertz CT molecular complexity index is 1240. The second-order valence-corrected chi connectivity index (χ2v) is 10.7. The maximum absolute atomic E-state index is 13.4.